The Kier molecular flexibility index (Phi) is 5.03. The van der Waals surface area contributed by atoms with Crippen molar-refractivity contribution >= 4 is 6.21 Å². The molecule has 3 heteroatoms. The number of hydrogen-bond donors (Lipinski definition) is 1. The summed E-state index contributed by atoms with van der Waals surface area (Å²) in [7, 11) is 0. The molecule has 0 saturated heterocycles. The van der Waals surface area contributed by atoms with Gasteiger partial charge in [-0.1, -0.05) is 31.8 Å². The van der Waals surface area contributed by atoms with Crippen LogP contribution in [0.4, 0.5) is 0 Å². The Balaban J connectivity index is 1.98. The van der Waals surface area contributed by atoms with E-state index in [-0.39, 0.29) is 0 Å². The lowest BCUT2D eigenvalue weighted by atomic mass is 10.0. The lowest BCUT2D eigenvalue weighted by Crippen LogP contribution is -2.40. The molecule has 2 rings (SSSR count). The maximum absolute atomic E-state index is 4.80. The molecule has 1 unspecified atom stereocenters. The van der Waals surface area contributed by atoms with Gasteiger partial charge in [0, 0.05) is 12.0 Å². The van der Waals surface area contributed by atoms with Crippen LogP contribution in [-0.4, -0.2) is 29.9 Å². The van der Waals surface area contributed by atoms with Crippen LogP contribution in [-0.2, 0) is 0 Å². The minimum absolute atomic E-state index is 0.683. The third kappa shape index (κ3) is 3.59. The Bertz CT molecular complexity index is 338. The van der Waals surface area contributed by atoms with E-state index in [1.54, 1.807) is 0 Å². The van der Waals surface area contributed by atoms with Crippen molar-refractivity contribution < 1.29 is 4.59 Å². The van der Waals surface area contributed by atoms with Gasteiger partial charge in [0.05, 0.1) is 0 Å². The van der Waals surface area contributed by atoms with Crippen LogP contribution in [0.15, 0.2) is 17.0 Å². The van der Waals surface area contributed by atoms with Gasteiger partial charge < -0.3 is 5.32 Å². The third-order valence-electron chi connectivity index (χ3n) is 4.81. The monoisotopic (exact) mass is 264 g/mol. The first-order valence-corrected chi connectivity index (χ1v) is 8.13. The standard InChI is InChI=1S/C16H30N3/c1-4-14(5-2)12-19(6-3)13-16(11-17-19)18-15-9-7-8-10-15/h11,13-15,18H,4-10,12H2,1-3H3/q+1. The van der Waals surface area contributed by atoms with E-state index < -0.39 is 0 Å². The Morgan fingerprint density at radius 2 is 1.95 bits per heavy atom. The maximum Gasteiger partial charge on any atom is 0.148 e. The van der Waals surface area contributed by atoms with E-state index in [0.29, 0.717) is 6.04 Å². The van der Waals surface area contributed by atoms with E-state index in [2.05, 4.69) is 38.5 Å². The molecule has 2 aliphatic rings. The second-order valence-corrected chi connectivity index (χ2v) is 6.12. The van der Waals surface area contributed by atoms with E-state index in [0.717, 1.165) is 23.6 Å². The molecule has 0 aromatic rings. The van der Waals surface area contributed by atoms with Crippen molar-refractivity contribution in [2.75, 3.05) is 13.1 Å². The van der Waals surface area contributed by atoms with E-state index in [1.165, 1.54) is 44.2 Å². The largest absolute Gasteiger partial charge is 0.377 e. The van der Waals surface area contributed by atoms with Gasteiger partial charge in [-0.25, -0.2) is 0 Å². The van der Waals surface area contributed by atoms with E-state index in [1.807, 2.05) is 0 Å². The van der Waals surface area contributed by atoms with Crippen molar-refractivity contribution in [3.8, 4) is 0 Å². The van der Waals surface area contributed by atoms with Crippen molar-refractivity contribution in [1.29, 1.82) is 0 Å². The summed E-state index contributed by atoms with van der Waals surface area (Å²) < 4.78 is 0.793. The van der Waals surface area contributed by atoms with Crippen LogP contribution in [0.2, 0.25) is 0 Å². The average Bonchev–Trinajstić information content (AvgIpc) is 3.07. The van der Waals surface area contributed by atoms with Crippen LogP contribution in [0.25, 0.3) is 0 Å². The van der Waals surface area contributed by atoms with Crippen molar-refractivity contribution in [1.82, 2.24) is 5.32 Å². The van der Waals surface area contributed by atoms with Gasteiger partial charge in [0.1, 0.15) is 31.2 Å². The smallest absolute Gasteiger partial charge is 0.148 e. The summed E-state index contributed by atoms with van der Waals surface area (Å²) >= 11 is 0. The molecule has 1 aliphatic carbocycles. The first-order valence-electron chi connectivity index (χ1n) is 8.13. The summed E-state index contributed by atoms with van der Waals surface area (Å²) in [6, 6.07) is 0.683. The van der Waals surface area contributed by atoms with Gasteiger partial charge in [-0.15, -0.1) is 0 Å². The normalized spacial score (nSPS) is 27.3. The van der Waals surface area contributed by atoms with Gasteiger partial charge in [0.25, 0.3) is 0 Å². The fraction of sp³-hybridized carbons (Fsp3) is 0.812. The fourth-order valence-corrected chi connectivity index (χ4v) is 3.28. The molecule has 0 radical (unpaired) electrons. The molecular formula is C16H30N3+. The Morgan fingerprint density at radius 3 is 2.53 bits per heavy atom. The summed E-state index contributed by atoms with van der Waals surface area (Å²) in [4.78, 5) is 0. The van der Waals surface area contributed by atoms with Crippen LogP contribution < -0.4 is 5.32 Å². The van der Waals surface area contributed by atoms with Gasteiger partial charge in [0.2, 0.25) is 0 Å². The number of allylic oxidation sites excluding steroid dienone is 1. The molecule has 3 nitrogen and oxygen atoms in total. The van der Waals surface area contributed by atoms with Gasteiger partial charge in [-0.3, -0.25) is 0 Å². The lowest BCUT2D eigenvalue weighted by Gasteiger charge is -2.28. The number of nitrogens with zero attached hydrogens (tertiary/aromatic N) is 2. The fourth-order valence-electron chi connectivity index (χ4n) is 3.28. The maximum atomic E-state index is 4.80. The molecule has 1 fully saturated rings. The Labute approximate surface area is 118 Å². The van der Waals surface area contributed by atoms with Crippen molar-refractivity contribution in [2.45, 2.75) is 65.3 Å². The van der Waals surface area contributed by atoms with Crippen LogP contribution in [0.3, 0.4) is 0 Å². The average molecular weight is 264 g/mol. The molecule has 1 heterocycles. The summed E-state index contributed by atoms with van der Waals surface area (Å²) in [5, 5.41) is 8.47. The van der Waals surface area contributed by atoms with E-state index in [9.17, 15) is 0 Å². The van der Waals surface area contributed by atoms with Crippen LogP contribution >= 0.6 is 0 Å². The lowest BCUT2D eigenvalue weighted by molar-refractivity contribution is -0.885. The predicted octanol–water partition coefficient (Wildman–Crippen LogP) is 3.63. The molecule has 19 heavy (non-hydrogen) atoms. The van der Waals surface area contributed by atoms with Crippen LogP contribution in [0.1, 0.15) is 59.3 Å². The molecule has 0 spiro atoms. The zero-order chi connectivity index (χ0) is 13.7. The van der Waals surface area contributed by atoms with Crippen molar-refractivity contribution in [3.63, 3.8) is 0 Å². The van der Waals surface area contributed by atoms with E-state index >= 15 is 0 Å². The third-order valence-corrected chi connectivity index (χ3v) is 4.81. The molecule has 0 aromatic heterocycles. The molecule has 0 amide bonds. The predicted molar refractivity (Wildman–Crippen MR) is 81.7 cm³/mol. The van der Waals surface area contributed by atoms with Crippen molar-refractivity contribution in [3.05, 3.63) is 11.9 Å². The van der Waals surface area contributed by atoms with Crippen molar-refractivity contribution in [2.24, 2.45) is 11.0 Å². The van der Waals surface area contributed by atoms with Gasteiger partial charge in [-0.05, 0) is 32.6 Å². The first kappa shape index (κ1) is 14.6. The molecule has 1 aliphatic heterocycles. The minimum Gasteiger partial charge on any atom is -0.377 e. The zero-order valence-corrected chi connectivity index (χ0v) is 12.9. The number of rotatable bonds is 7. The summed E-state index contributed by atoms with van der Waals surface area (Å²) in [5.74, 6) is 0.777. The highest BCUT2D eigenvalue weighted by Gasteiger charge is 2.31. The second kappa shape index (κ2) is 6.56. The number of nitrogens with one attached hydrogen (secondary N) is 1. The van der Waals surface area contributed by atoms with Gasteiger partial charge >= 0.3 is 0 Å². The molecular weight excluding hydrogens is 234 g/mol. The topological polar surface area (TPSA) is 24.4 Å². The number of quaternary nitrogens is 1. The summed E-state index contributed by atoms with van der Waals surface area (Å²) in [6.07, 6.45) is 12.3. The first-order chi connectivity index (χ1) is 9.21. The molecule has 108 valence electrons. The second-order valence-electron chi connectivity index (χ2n) is 6.12. The molecule has 0 aromatic carbocycles. The SMILES string of the molecule is CCC(CC)C[N+]1(CC)C=C(NC2CCCC2)C=N1. The van der Waals surface area contributed by atoms with Crippen LogP contribution in [0, 0.1) is 5.92 Å². The molecule has 1 N–H and O–H groups in total. The quantitative estimate of drug-likeness (QED) is 0.698. The molecule has 0 bridgehead atoms. The molecule has 1 atom stereocenters. The van der Waals surface area contributed by atoms with E-state index in [4.69, 9.17) is 5.10 Å². The van der Waals surface area contributed by atoms with Gasteiger partial charge in [0.15, 0.2) is 0 Å². The summed E-state index contributed by atoms with van der Waals surface area (Å²) in [5.41, 5.74) is 1.25. The van der Waals surface area contributed by atoms with Gasteiger partial charge in [-0.2, -0.15) is 4.59 Å². The van der Waals surface area contributed by atoms with Crippen LogP contribution in [0.5, 0.6) is 0 Å². The Morgan fingerprint density at radius 1 is 1.26 bits per heavy atom. The zero-order valence-electron chi connectivity index (χ0n) is 12.9. The highest BCUT2D eigenvalue weighted by atomic mass is 15.6. The number of hydrogen-bond acceptors (Lipinski definition) is 2. The highest BCUT2D eigenvalue weighted by molar-refractivity contribution is 5.78. The highest BCUT2D eigenvalue weighted by Crippen LogP contribution is 2.24. The Hall–Kier alpha value is -0.830. The molecule has 1 saturated carbocycles. The summed E-state index contributed by atoms with van der Waals surface area (Å²) in [6.45, 7) is 9.04. The minimum atomic E-state index is 0.683.